The standard InChI is InChI=1S/C31H38F2N6O4S/c1-19(2)43-31-36-15-21(16-37-31)28(20-8-10-22(32)11-9-20)29(34)30(40)38-27-7-3-6-26(33)25(27)13-12-24-17-35-23-5-4-14-44(41,42)39(24)18-23/h3,6-11,15-16,19,23-24,28-29,35H,4-5,12-14,17-18,34H2,1-2H3,(H,38,40)/t23-,24+,28+,29+/m1/s1. The first-order chi connectivity index (χ1) is 21.0. The van der Waals surface area contributed by atoms with Crippen molar-refractivity contribution in [3.8, 4) is 6.01 Å². The Kier molecular flexibility index (Phi) is 9.88. The summed E-state index contributed by atoms with van der Waals surface area (Å²) < 4.78 is 61.8. The van der Waals surface area contributed by atoms with E-state index in [0.717, 1.165) is 6.42 Å². The van der Waals surface area contributed by atoms with Crippen molar-refractivity contribution < 1.29 is 26.7 Å². The highest BCUT2D eigenvalue weighted by atomic mass is 32.2. The van der Waals surface area contributed by atoms with Crippen molar-refractivity contribution in [3.63, 3.8) is 0 Å². The fourth-order valence-corrected chi connectivity index (χ4v) is 7.70. The largest absolute Gasteiger partial charge is 0.461 e. The maximum Gasteiger partial charge on any atom is 0.316 e. The number of nitrogens with two attached hydrogens (primary N) is 1. The number of nitrogens with one attached hydrogen (secondary N) is 2. The molecule has 44 heavy (non-hydrogen) atoms. The molecule has 1 unspecified atom stereocenters. The highest BCUT2D eigenvalue weighted by Gasteiger charge is 2.38. The summed E-state index contributed by atoms with van der Waals surface area (Å²) in [7, 11) is -3.40. The molecule has 5 rings (SSSR count). The molecule has 5 atom stereocenters. The van der Waals surface area contributed by atoms with Gasteiger partial charge in [0.25, 0.3) is 0 Å². The van der Waals surface area contributed by atoms with Crippen molar-refractivity contribution in [1.82, 2.24) is 19.6 Å². The molecule has 4 N–H and O–H groups in total. The lowest BCUT2D eigenvalue weighted by atomic mass is 9.86. The summed E-state index contributed by atoms with van der Waals surface area (Å²) in [5.41, 5.74) is 8.13. The molecule has 1 amide bonds. The van der Waals surface area contributed by atoms with Crippen molar-refractivity contribution >= 4 is 21.6 Å². The molecule has 2 aromatic carbocycles. The van der Waals surface area contributed by atoms with Crippen molar-refractivity contribution in [1.29, 1.82) is 0 Å². The quantitative estimate of drug-likeness (QED) is 0.311. The monoisotopic (exact) mass is 628 g/mol. The lowest BCUT2D eigenvalue weighted by molar-refractivity contribution is -0.117. The normalized spacial score (nSPS) is 22.5. The first kappa shape index (κ1) is 31.9. The third-order valence-electron chi connectivity index (χ3n) is 8.11. The molecule has 2 saturated heterocycles. The summed E-state index contributed by atoms with van der Waals surface area (Å²) >= 11 is 0. The number of halogens is 2. The van der Waals surface area contributed by atoms with Crippen LogP contribution in [0.3, 0.4) is 0 Å². The summed E-state index contributed by atoms with van der Waals surface area (Å²) in [5, 5.41) is 6.21. The van der Waals surface area contributed by atoms with Gasteiger partial charge in [0.05, 0.1) is 17.9 Å². The topological polar surface area (TPSA) is 140 Å². The van der Waals surface area contributed by atoms with Crippen molar-refractivity contribution in [2.24, 2.45) is 5.73 Å². The van der Waals surface area contributed by atoms with Crippen LogP contribution < -0.4 is 21.1 Å². The van der Waals surface area contributed by atoms with Gasteiger partial charge in [-0.25, -0.2) is 27.2 Å². The van der Waals surface area contributed by atoms with Gasteiger partial charge in [-0.05, 0) is 74.9 Å². The zero-order chi connectivity index (χ0) is 31.4. The van der Waals surface area contributed by atoms with Crippen molar-refractivity contribution in [2.45, 2.75) is 69.7 Å². The molecule has 236 valence electrons. The fourth-order valence-electron chi connectivity index (χ4n) is 5.89. The Labute approximate surface area is 256 Å². The Bertz CT molecular complexity index is 1560. The number of carbonyl (C=O) groups excluding carboxylic acids is 1. The third-order valence-corrected chi connectivity index (χ3v) is 10.1. The minimum Gasteiger partial charge on any atom is -0.461 e. The van der Waals surface area contributed by atoms with Crippen LogP contribution in [0, 0.1) is 11.6 Å². The fraction of sp³-hybridized carbons (Fsp3) is 0.452. The Morgan fingerprint density at radius 2 is 1.86 bits per heavy atom. The Hall–Kier alpha value is -3.52. The second-order valence-corrected chi connectivity index (χ2v) is 13.6. The number of rotatable bonds is 10. The third kappa shape index (κ3) is 7.40. The molecule has 2 aliphatic rings. The van der Waals surface area contributed by atoms with E-state index >= 15 is 4.39 Å². The van der Waals surface area contributed by atoms with Gasteiger partial charge in [0, 0.05) is 54.7 Å². The molecule has 13 heteroatoms. The molecule has 10 nitrogen and oxygen atoms in total. The van der Waals surface area contributed by atoms with Crippen LogP contribution in [-0.4, -0.2) is 71.7 Å². The molecule has 0 saturated carbocycles. The summed E-state index contributed by atoms with van der Waals surface area (Å²) in [4.78, 5) is 22.1. The number of hydrogen-bond donors (Lipinski definition) is 3. The molecule has 2 aliphatic heterocycles. The number of piperazine rings is 1. The van der Waals surface area contributed by atoms with Gasteiger partial charge in [-0.3, -0.25) is 4.79 Å². The lowest BCUT2D eigenvalue weighted by Crippen LogP contribution is -2.57. The smallest absolute Gasteiger partial charge is 0.316 e. The van der Waals surface area contributed by atoms with Crippen LogP contribution in [0.4, 0.5) is 14.5 Å². The van der Waals surface area contributed by atoms with Gasteiger partial charge in [-0.1, -0.05) is 18.2 Å². The first-order valence-electron chi connectivity index (χ1n) is 14.8. The molecular formula is C31H38F2N6O4S. The minimum absolute atomic E-state index is 0.105. The summed E-state index contributed by atoms with van der Waals surface area (Å²) in [6.45, 7) is 4.57. The van der Waals surface area contributed by atoms with Crippen LogP contribution in [0.25, 0.3) is 0 Å². The molecule has 0 spiro atoms. The highest BCUT2D eigenvalue weighted by Crippen LogP contribution is 2.30. The molecule has 2 fully saturated rings. The predicted molar refractivity (Wildman–Crippen MR) is 163 cm³/mol. The maximum atomic E-state index is 15.2. The average molecular weight is 629 g/mol. The number of carbonyl (C=O) groups is 1. The Morgan fingerprint density at radius 1 is 1.14 bits per heavy atom. The number of fused-ring (bicyclic) bond motifs is 2. The van der Waals surface area contributed by atoms with E-state index in [9.17, 15) is 17.6 Å². The second kappa shape index (κ2) is 13.6. The number of nitrogens with zero attached hydrogens (tertiary/aromatic N) is 3. The molecule has 1 aromatic heterocycles. The number of benzene rings is 2. The molecule has 2 bridgehead atoms. The van der Waals surface area contributed by atoms with Gasteiger partial charge in [-0.2, -0.15) is 4.31 Å². The number of ether oxygens (including phenoxy) is 1. The predicted octanol–water partition coefficient (Wildman–Crippen LogP) is 3.34. The van der Waals surface area contributed by atoms with E-state index in [4.69, 9.17) is 10.5 Å². The average Bonchev–Trinajstić information content (AvgIpc) is 3.10. The van der Waals surface area contributed by atoms with Crippen molar-refractivity contribution in [3.05, 3.63) is 83.2 Å². The van der Waals surface area contributed by atoms with Gasteiger partial charge in [0.2, 0.25) is 15.9 Å². The van der Waals surface area contributed by atoms with Crippen LogP contribution in [0.15, 0.2) is 54.9 Å². The SMILES string of the molecule is CC(C)Oc1ncc([C@H](c2ccc(F)cc2)[C@H](N)C(=O)Nc2cccc(F)c2CC[C@H]2CN[C@@H]3CCCS(=O)(=O)N2C3)cn1. The second-order valence-electron chi connectivity index (χ2n) is 11.6. The summed E-state index contributed by atoms with van der Waals surface area (Å²) in [6, 6.07) is 8.81. The number of hydrogen-bond acceptors (Lipinski definition) is 8. The summed E-state index contributed by atoms with van der Waals surface area (Å²) in [5.74, 6) is -2.19. The molecule has 0 aliphatic carbocycles. The highest BCUT2D eigenvalue weighted by molar-refractivity contribution is 7.89. The maximum absolute atomic E-state index is 15.2. The number of aromatic nitrogens is 2. The van der Waals surface area contributed by atoms with Crippen LogP contribution >= 0.6 is 0 Å². The summed E-state index contributed by atoms with van der Waals surface area (Å²) in [6.07, 6.45) is 4.86. The first-order valence-corrected chi connectivity index (χ1v) is 16.4. The Morgan fingerprint density at radius 3 is 2.57 bits per heavy atom. The lowest BCUT2D eigenvalue weighted by Gasteiger charge is -2.37. The number of amides is 1. The van der Waals surface area contributed by atoms with Crippen LogP contribution in [0.2, 0.25) is 0 Å². The zero-order valence-electron chi connectivity index (χ0n) is 24.7. The molecule has 3 heterocycles. The molecular weight excluding hydrogens is 590 g/mol. The molecule has 3 aromatic rings. The van der Waals surface area contributed by atoms with Gasteiger partial charge in [0.15, 0.2) is 0 Å². The van der Waals surface area contributed by atoms with E-state index in [2.05, 4.69) is 20.6 Å². The van der Waals surface area contributed by atoms with Crippen LogP contribution in [-0.2, 0) is 21.2 Å². The number of anilines is 1. The minimum atomic E-state index is -3.40. The van der Waals surface area contributed by atoms with Gasteiger partial charge >= 0.3 is 6.01 Å². The van der Waals surface area contributed by atoms with Crippen LogP contribution in [0.1, 0.15) is 55.7 Å². The van der Waals surface area contributed by atoms with Gasteiger partial charge in [0.1, 0.15) is 11.6 Å². The molecule has 0 radical (unpaired) electrons. The Balaban J connectivity index is 1.36. The number of sulfonamides is 1. The van der Waals surface area contributed by atoms with E-state index in [1.165, 1.54) is 36.7 Å². The van der Waals surface area contributed by atoms with Gasteiger partial charge < -0.3 is 21.1 Å². The van der Waals surface area contributed by atoms with Gasteiger partial charge in [-0.15, -0.1) is 0 Å². The van der Waals surface area contributed by atoms with Crippen molar-refractivity contribution in [2.75, 3.05) is 24.2 Å². The van der Waals surface area contributed by atoms with E-state index in [0.29, 0.717) is 37.1 Å². The zero-order valence-corrected chi connectivity index (χ0v) is 25.6. The van der Waals surface area contributed by atoms with E-state index in [1.807, 2.05) is 13.8 Å². The van der Waals surface area contributed by atoms with Crippen LogP contribution in [0.5, 0.6) is 6.01 Å². The van der Waals surface area contributed by atoms with E-state index < -0.39 is 39.5 Å². The van der Waals surface area contributed by atoms with E-state index in [-0.39, 0.29) is 47.6 Å². The van der Waals surface area contributed by atoms with E-state index in [1.54, 1.807) is 22.5 Å².